The second-order valence-electron chi connectivity index (χ2n) is 11.5. The zero-order valence-electron chi connectivity index (χ0n) is 23.6. The number of hydrogen-bond acceptors (Lipinski definition) is 10. The van der Waals surface area contributed by atoms with Crippen molar-refractivity contribution in [1.82, 2.24) is 34.6 Å². The summed E-state index contributed by atoms with van der Waals surface area (Å²) in [6.45, 7) is 7.32. The van der Waals surface area contributed by atoms with Crippen LogP contribution in [0.2, 0.25) is 0 Å². The highest BCUT2D eigenvalue weighted by Gasteiger charge is 2.33. The number of ether oxygens (including phenoxy) is 2. The number of rotatable bonds is 9. The van der Waals surface area contributed by atoms with Crippen LogP contribution in [0.1, 0.15) is 88.8 Å². The molecule has 2 fully saturated rings. The average molecular weight is 551 g/mol. The zero-order valence-corrected chi connectivity index (χ0v) is 23.6. The van der Waals surface area contributed by atoms with Crippen molar-refractivity contribution < 1.29 is 19.0 Å². The topological polar surface area (TPSA) is 138 Å². The number of anilines is 1. The Hall–Kier alpha value is -3.35. The summed E-state index contributed by atoms with van der Waals surface area (Å²) in [7, 11) is 1.68. The maximum absolute atomic E-state index is 10.1. The number of hydrogen-bond donors (Lipinski definition) is 2. The van der Waals surface area contributed by atoms with Crippen LogP contribution in [0.5, 0.6) is 0 Å². The monoisotopic (exact) mass is 550 g/mol. The molecule has 0 spiro atoms. The lowest BCUT2D eigenvalue weighted by molar-refractivity contribution is 0.0861. The van der Waals surface area contributed by atoms with Gasteiger partial charge >= 0.3 is 0 Å². The summed E-state index contributed by atoms with van der Waals surface area (Å²) < 4.78 is 20.9. The maximum Gasteiger partial charge on any atom is 0.245 e. The molecule has 40 heavy (non-hydrogen) atoms. The van der Waals surface area contributed by atoms with Crippen LogP contribution < -0.4 is 5.32 Å². The first-order valence-electron chi connectivity index (χ1n) is 14.2. The predicted molar refractivity (Wildman–Crippen MR) is 147 cm³/mol. The highest BCUT2D eigenvalue weighted by molar-refractivity contribution is 5.81. The Labute approximate surface area is 233 Å². The molecule has 5 heterocycles. The third kappa shape index (κ3) is 5.11. The second kappa shape index (κ2) is 10.9. The Bertz CT molecular complexity index is 1450. The van der Waals surface area contributed by atoms with E-state index in [1.807, 2.05) is 48.6 Å². The molecular weight excluding hydrogens is 512 g/mol. The van der Waals surface area contributed by atoms with Crippen molar-refractivity contribution in [2.45, 2.75) is 89.0 Å². The Balaban J connectivity index is 1.34. The lowest BCUT2D eigenvalue weighted by Gasteiger charge is -2.25. The third-order valence-electron chi connectivity index (χ3n) is 8.09. The van der Waals surface area contributed by atoms with Crippen LogP contribution in [-0.4, -0.2) is 72.2 Å². The van der Waals surface area contributed by atoms with E-state index in [0.29, 0.717) is 30.3 Å². The summed E-state index contributed by atoms with van der Waals surface area (Å²) in [4.78, 5) is 4.62. The molecule has 12 heteroatoms. The van der Waals surface area contributed by atoms with Crippen LogP contribution in [-0.2, 0) is 15.0 Å². The number of nitrogens with one attached hydrogen (secondary N) is 1. The van der Waals surface area contributed by atoms with E-state index in [9.17, 15) is 5.11 Å². The molecule has 0 radical (unpaired) electrons. The number of nitrogens with zero attached hydrogens (tertiary/aromatic N) is 7. The van der Waals surface area contributed by atoms with Crippen molar-refractivity contribution in [2.24, 2.45) is 0 Å². The van der Waals surface area contributed by atoms with Gasteiger partial charge in [-0.25, -0.2) is 9.50 Å². The van der Waals surface area contributed by atoms with Gasteiger partial charge in [0.05, 0.1) is 30.6 Å². The van der Waals surface area contributed by atoms with Crippen molar-refractivity contribution in [3.8, 4) is 11.1 Å². The number of aliphatic hydroxyl groups excluding tert-OH is 1. The van der Waals surface area contributed by atoms with Gasteiger partial charge in [-0.1, -0.05) is 0 Å². The highest BCUT2D eigenvalue weighted by atomic mass is 16.5. The van der Waals surface area contributed by atoms with E-state index in [4.69, 9.17) is 24.1 Å². The Morgan fingerprint density at radius 2 is 2.00 bits per heavy atom. The molecule has 1 aliphatic heterocycles. The average Bonchev–Trinajstić information content (AvgIpc) is 3.75. The molecule has 0 aromatic carbocycles. The largest absolute Gasteiger partial charge is 0.420 e. The Kier molecular flexibility index (Phi) is 7.32. The predicted octanol–water partition coefficient (Wildman–Crippen LogP) is 4.08. The van der Waals surface area contributed by atoms with Crippen molar-refractivity contribution in [1.29, 1.82) is 0 Å². The molecule has 2 atom stereocenters. The van der Waals surface area contributed by atoms with Crippen LogP contribution in [0.15, 0.2) is 29.1 Å². The molecule has 0 bridgehead atoms. The summed E-state index contributed by atoms with van der Waals surface area (Å²) in [6, 6.07) is 2.27. The quantitative estimate of drug-likeness (QED) is 0.314. The van der Waals surface area contributed by atoms with E-state index in [1.54, 1.807) is 7.11 Å². The minimum atomic E-state index is -0.662. The third-order valence-corrected chi connectivity index (χ3v) is 8.09. The molecule has 12 nitrogen and oxygen atoms in total. The fraction of sp³-hybridized carbons (Fsp3) is 0.607. The van der Waals surface area contributed by atoms with Gasteiger partial charge in [-0.2, -0.15) is 5.10 Å². The van der Waals surface area contributed by atoms with E-state index in [-0.39, 0.29) is 18.2 Å². The van der Waals surface area contributed by atoms with Crippen molar-refractivity contribution in [2.75, 3.05) is 25.6 Å². The molecule has 6 rings (SSSR count). The van der Waals surface area contributed by atoms with Gasteiger partial charge in [0, 0.05) is 48.7 Å². The molecule has 0 amide bonds. The molecule has 4 aromatic rings. The van der Waals surface area contributed by atoms with E-state index < -0.39 is 5.54 Å². The molecule has 1 aliphatic carbocycles. The highest BCUT2D eigenvalue weighted by Crippen LogP contribution is 2.38. The van der Waals surface area contributed by atoms with Gasteiger partial charge in [-0.3, -0.25) is 4.68 Å². The second-order valence-corrected chi connectivity index (χ2v) is 11.5. The summed E-state index contributed by atoms with van der Waals surface area (Å²) >= 11 is 0. The SMILES string of the molecule is COC[C@H](C)Nc1ncc2c(-c3cnn(C(C)(C)c4nnc([C@@H]5CCCO5)o4)c3)cc([C@H]3CC[C@H](O)CC3)n2n1. The van der Waals surface area contributed by atoms with Crippen LogP contribution in [0.4, 0.5) is 5.95 Å². The van der Waals surface area contributed by atoms with Gasteiger partial charge in [-0.05, 0) is 65.4 Å². The van der Waals surface area contributed by atoms with Gasteiger partial charge in [0.1, 0.15) is 11.6 Å². The molecule has 2 aliphatic rings. The Morgan fingerprint density at radius 1 is 1.18 bits per heavy atom. The molecule has 1 saturated carbocycles. The van der Waals surface area contributed by atoms with Crippen LogP contribution in [0, 0.1) is 0 Å². The zero-order chi connectivity index (χ0) is 27.9. The van der Waals surface area contributed by atoms with Gasteiger partial charge in [-0.15, -0.1) is 15.3 Å². The lowest BCUT2D eigenvalue weighted by atomic mass is 9.85. The summed E-state index contributed by atoms with van der Waals surface area (Å²) in [5, 5.41) is 31.6. The van der Waals surface area contributed by atoms with E-state index in [1.165, 1.54) is 0 Å². The molecule has 0 unspecified atom stereocenters. The van der Waals surface area contributed by atoms with E-state index in [0.717, 1.165) is 67.5 Å². The van der Waals surface area contributed by atoms with Crippen LogP contribution in [0.3, 0.4) is 0 Å². The summed E-state index contributed by atoms with van der Waals surface area (Å²) in [6.07, 6.45) is 10.7. The fourth-order valence-corrected chi connectivity index (χ4v) is 5.74. The first-order chi connectivity index (χ1) is 19.3. The normalized spacial score (nSPS) is 22.7. The lowest BCUT2D eigenvalue weighted by Crippen LogP contribution is -2.28. The number of aromatic nitrogens is 7. The minimum Gasteiger partial charge on any atom is -0.420 e. The molecule has 1 saturated heterocycles. The summed E-state index contributed by atoms with van der Waals surface area (Å²) in [5.74, 6) is 1.85. The molecule has 2 N–H and O–H groups in total. The first-order valence-corrected chi connectivity index (χ1v) is 14.2. The van der Waals surface area contributed by atoms with Crippen LogP contribution >= 0.6 is 0 Å². The Morgan fingerprint density at radius 3 is 2.75 bits per heavy atom. The van der Waals surface area contributed by atoms with Crippen molar-refractivity contribution in [3.63, 3.8) is 0 Å². The van der Waals surface area contributed by atoms with Crippen molar-refractivity contribution in [3.05, 3.63) is 42.1 Å². The standard InChI is InChI=1S/C28H38N8O4/c1-17(16-38-4)31-27-29-14-23-21(12-22(36(23)34-27)18-7-9-20(37)10-8-18)19-13-30-35(15-19)28(2,3)26-33-32-25(40-26)24-6-5-11-39-24/h12-15,17-18,20,24,37H,5-11,16H2,1-4H3,(H,31,34)/t17-,18-,20-,24-/m0/s1. The van der Waals surface area contributed by atoms with Gasteiger partial charge < -0.3 is 24.3 Å². The fourth-order valence-electron chi connectivity index (χ4n) is 5.74. The van der Waals surface area contributed by atoms with Gasteiger partial charge in [0.25, 0.3) is 0 Å². The smallest absolute Gasteiger partial charge is 0.245 e. The van der Waals surface area contributed by atoms with Gasteiger partial charge in [0.2, 0.25) is 17.7 Å². The van der Waals surface area contributed by atoms with E-state index in [2.05, 4.69) is 26.6 Å². The number of methoxy groups -OCH3 is 1. The molecule has 4 aromatic heterocycles. The molecular formula is C28H38N8O4. The van der Waals surface area contributed by atoms with Crippen LogP contribution in [0.25, 0.3) is 16.6 Å². The van der Waals surface area contributed by atoms with E-state index >= 15 is 0 Å². The van der Waals surface area contributed by atoms with Crippen molar-refractivity contribution >= 4 is 11.5 Å². The first kappa shape index (κ1) is 26.9. The number of aliphatic hydroxyl groups is 1. The number of fused-ring (bicyclic) bond motifs is 1. The van der Waals surface area contributed by atoms with Gasteiger partial charge in [0.15, 0.2) is 0 Å². The maximum atomic E-state index is 10.1. The minimum absolute atomic E-state index is 0.0664. The summed E-state index contributed by atoms with van der Waals surface area (Å²) in [5.41, 5.74) is 3.31. The molecule has 214 valence electrons.